The maximum absolute atomic E-state index is 11.6. The second-order valence-electron chi connectivity index (χ2n) is 3.69. The van der Waals surface area contributed by atoms with E-state index in [0.717, 1.165) is 0 Å². The van der Waals surface area contributed by atoms with Crippen LogP contribution in [0.4, 0.5) is 0 Å². The van der Waals surface area contributed by atoms with Crippen LogP contribution in [0.15, 0.2) is 0 Å². The summed E-state index contributed by atoms with van der Waals surface area (Å²) < 4.78 is 9.66. The number of thiol groups is 1. The van der Waals surface area contributed by atoms with Gasteiger partial charge in [0.2, 0.25) is 0 Å². The fraction of sp³-hybridized carbons (Fsp3) is 0.818. The maximum atomic E-state index is 11.6. The van der Waals surface area contributed by atoms with Crippen molar-refractivity contribution >= 4 is 24.6 Å². The topological polar surface area (TPSA) is 78.6 Å². The molecule has 100 valence electrons. The number of carbonyl (C=O) groups excluding carboxylic acids is 2. The second-order valence-corrected chi connectivity index (χ2v) is 4.01. The predicted molar refractivity (Wildman–Crippen MR) is 67.9 cm³/mol. The minimum atomic E-state index is -1.12. The quantitative estimate of drug-likeness (QED) is 0.503. The summed E-state index contributed by atoms with van der Waals surface area (Å²) in [4.78, 5) is 22.7. The van der Waals surface area contributed by atoms with Gasteiger partial charge in [0.1, 0.15) is 5.54 Å². The highest BCUT2D eigenvalue weighted by Gasteiger charge is 2.33. The third kappa shape index (κ3) is 5.93. The van der Waals surface area contributed by atoms with Crippen LogP contribution < -0.4 is 5.73 Å². The van der Waals surface area contributed by atoms with E-state index in [9.17, 15) is 9.59 Å². The highest BCUT2D eigenvalue weighted by Crippen LogP contribution is 2.15. The lowest BCUT2D eigenvalue weighted by atomic mass is 9.96. The molecule has 0 spiro atoms. The molecule has 2 N–H and O–H groups in total. The molecule has 0 aliphatic heterocycles. The van der Waals surface area contributed by atoms with Gasteiger partial charge >= 0.3 is 11.9 Å². The van der Waals surface area contributed by atoms with Crippen LogP contribution in [0.5, 0.6) is 0 Å². The van der Waals surface area contributed by atoms with Crippen molar-refractivity contribution in [2.45, 2.75) is 38.6 Å². The lowest BCUT2D eigenvalue weighted by Crippen LogP contribution is -2.51. The number of ether oxygens (including phenoxy) is 2. The zero-order chi connectivity index (χ0) is 13.3. The Morgan fingerprint density at radius 1 is 1.24 bits per heavy atom. The Morgan fingerprint density at radius 2 is 1.82 bits per heavy atom. The van der Waals surface area contributed by atoms with Gasteiger partial charge in [0.05, 0.1) is 13.2 Å². The molecule has 5 nitrogen and oxygen atoms in total. The third-order valence-corrected chi connectivity index (χ3v) is 2.84. The van der Waals surface area contributed by atoms with Crippen molar-refractivity contribution < 1.29 is 19.1 Å². The van der Waals surface area contributed by atoms with E-state index in [-0.39, 0.29) is 24.7 Å². The molecule has 0 aliphatic rings. The summed E-state index contributed by atoms with van der Waals surface area (Å²) in [6.07, 6.45) is 1.09. The van der Waals surface area contributed by atoms with E-state index in [1.807, 2.05) is 0 Å². The predicted octanol–water partition coefficient (Wildman–Crippen LogP) is 0.910. The van der Waals surface area contributed by atoms with E-state index >= 15 is 0 Å². The maximum Gasteiger partial charge on any atom is 0.326 e. The first-order chi connectivity index (χ1) is 8.00. The van der Waals surface area contributed by atoms with Crippen LogP contribution in [0, 0.1) is 0 Å². The lowest BCUT2D eigenvalue weighted by Gasteiger charge is -2.24. The van der Waals surface area contributed by atoms with Crippen LogP contribution in [0.2, 0.25) is 0 Å². The molecule has 0 amide bonds. The molecule has 0 radical (unpaired) electrons. The summed E-state index contributed by atoms with van der Waals surface area (Å²) in [5, 5.41) is 0. The van der Waals surface area contributed by atoms with Gasteiger partial charge in [-0.2, -0.15) is 12.6 Å². The van der Waals surface area contributed by atoms with E-state index in [1.54, 1.807) is 13.8 Å². The van der Waals surface area contributed by atoms with Crippen molar-refractivity contribution in [3.8, 4) is 0 Å². The summed E-state index contributed by atoms with van der Waals surface area (Å²) in [5.74, 6) is -0.564. The lowest BCUT2D eigenvalue weighted by molar-refractivity contribution is -0.150. The minimum absolute atomic E-state index is 0.189. The van der Waals surface area contributed by atoms with Gasteiger partial charge in [0.15, 0.2) is 0 Å². The Kier molecular flexibility index (Phi) is 7.99. The van der Waals surface area contributed by atoms with Gasteiger partial charge in [-0.25, -0.2) is 0 Å². The van der Waals surface area contributed by atoms with Crippen molar-refractivity contribution in [1.29, 1.82) is 0 Å². The van der Waals surface area contributed by atoms with Gasteiger partial charge in [-0.3, -0.25) is 9.59 Å². The molecular formula is C11H21NO4S. The number of hydrogen-bond acceptors (Lipinski definition) is 6. The van der Waals surface area contributed by atoms with Gasteiger partial charge in [-0.1, -0.05) is 0 Å². The fourth-order valence-electron chi connectivity index (χ4n) is 1.30. The van der Waals surface area contributed by atoms with Gasteiger partial charge in [-0.15, -0.1) is 0 Å². The van der Waals surface area contributed by atoms with Crippen molar-refractivity contribution in [1.82, 2.24) is 0 Å². The van der Waals surface area contributed by atoms with E-state index in [0.29, 0.717) is 19.4 Å². The summed E-state index contributed by atoms with van der Waals surface area (Å²) in [6, 6.07) is 0. The zero-order valence-corrected chi connectivity index (χ0v) is 11.3. The van der Waals surface area contributed by atoms with E-state index in [4.69, 9.17) is 15.2 Å². The molecule has 0 aromatic rings. The van der Waals surface area contributed by atoms with Crippen molar-refractivity contribution in [3.63, 3.8) is 0 Å². The standard InChI is InChI=1S/C11H21NO4S/c1-3-15-9(13)6-5-7-11(12,8-17)10(14)16-4-2/h17H,3-8,12H2,1-2H3/t11-/m0/s1. The first kappa shape index (κ1) is 16.2. The molecule has 0 bridgehead atoms. The molecule has 1 atom stereocenters. The molecule has 0 fully saturated rings. The molecule has 0 saturated carbocycles. The molecule has 0 saturated heterocycles. The zero-order valence-electron chi connectivity index (χ0n) is 10.4. The van der Waals surface area contributed by atoms with Gasteiger partial charge in [0, 0.05) is 12.2 Å². The van der Waals surface area contributed by atoms with Crippen LogP contribution in [0.1, 0.15) is 33.1 Å². The van der Waals surface area contributed by atoms with E-state index in [1.165, 1.54) is 0 Å². The summed E-state index contributed by atoms with van der Waals surface area (Å²) >= 11 is 4.06. The number of esters is 2. The Labute approximate surface area is 107 Å². The average molecular weight is 263 g/mol. The smallest absolute Gasteiger partial charge is 0.326 e. The third-order valence-electron chi connectivity index (χ3n) is 2.27. The van der Waals surface area contributed by atoms with Gasteiger partial charge in [-0.05, 0) is 26.7 Å². The molecular weight excluding hydrogens is 242 g/mol. The molecule has 0 heterocycles. The summed E-state index contributed by atoms with van der Waals surface area (Å²) in [6.45, 7) is 4.10. The van der Waals surface area contributed by atoms with Crippen molar-refractivity contribution in [2.75, 3.05) is 19.0 Å². The molecule has 0 rings (SSSR count). The van der Waals surface area contributed by atoms with Crippen molar-refractivity contribution in [3.05, 3.63) is 0 Å². The fourth-order valence-corrected chi connectivity index (χ4v) is 1.59. The van der Waals surface area contributed by atoms with Crippen LogP contribution >= 0.6 is 12.6 Å². The molecule has 0 aromatic carbocycles. The van der Waals surface area contributed by atoms with Crippen LogP contribution in [-0.4, -0.2) is 36.4 Å². The van der Waals surface area contributed by atoms with Crippen molar-refractivity contribution in [2.24, 2.45) is 5.73 Å². The summed E-state index contributed by atoms with van der Waals surface area (Å²) in [7, 11) is 0. The molecule has 0 aromatic heterocycles. The van der Waals surface area contributed by atoms with Crippen LogP contribution in [0.25, 0.3) is 0 Å². The van der Waals surface area contributed by atoms with Crippen LogP contribution in [-0.2, 0) is 19.1 Å². The van der Waals surface area contributed by atoms with Gasteiger partial charge in [0.25, 0.3) is 0 Å². The largest absolute Gasteiger partial charge is 0.466 e. The number of carbonyl (C=O) groups is 2. The first-order valence-electron chi connectivity index (χ1n) is 5.72. The van der Waals surface area contributed by atoms with Crippen LogP contribution in [0.3, 0.4) is 0 Å². The second kappa shape index (κ2) is 8.36. The Hall–Kier alpha value is -0.750. The van der Waals surface area contributed by atoms with E-state index < -0.39 is 11.5 Å². The Morgan fingerprint density at radius 3 is 2.29 bits per heavy atom. The van der Waals surface area contributed by atoms with Gasteiger partial charge < -0.3 is 15.2 Å². The minimum Gasteiger partial charge on any atom is -0.466 e. The monoisotopic (exact) mass is 263 g/mol. The Bertz CT molecular complexity index is 260. The number of rotatable bonds is 8. The molecule has 6 heteroatoms. The van der Waals surface area contributed by atoms with E-state index in [2.05, 4.69) is 12.6 Å². The molecule has 17 heavy (non-hydrogen) atoms. The molecule has 0 unspecified atom stereocenters. The number of hydrogen-bond donors (Lipinski definition) is 2. The highest BCUT2D eigenvalue weighted by atomic mass is 32.1. The summed E-state index contributed by atoms with van der Waals surface area (Å²) in [5.41, 5.74) is 4.76. The first-order valence-corrected chi connectivity index (χ1v) is 6.36. The number of nitrogens with two attached hydrogens (primary N) is 1. The highest BCUT2D eigenvalue weighted by molar-refractivity contribution is 7.80. The SMILES string of the molecule is CCOC(=O)CCC[C@](N)(CS)C(=O)OCC. The average Bonchev–Trinajstić information content (AvgIpc) is 2.29. The Balaban J connectivity index is 4.12. The molecule has 0 aliphatic carbocycles. The normalized spacial score (nSPS) is 13.9.